The number of rotatable bonds is 3. The Morgan fingerprint density at radius 3 is 2.75 bits per heavy atom. The van der Waals surface area contributed by atoms with Gasteiger partial charge in [0, 0.05) is 47.1 Å². The number of non-ortho nitro benzene ring substituents is 1. The zero-order valence-electron chi connectivity index (χ0n) is 12.6. The van der Waals surface area contributed by atoms with Gasteiger partial charge in [-0.15, -0.1) is 0 Å². The Labute approximate surface area is 137 Å². The summed E-state index contributed by atoms with van der Waals surface area (Å²) >= 11 is 0. The molecule has 4 rings (SSSR count). The number of pyridine rings is 1. The Hall–Kier alpha value is -3.47. The number of hydrogen-bond acceptors (Lipinski definition) is 3. The molecule has 0 saturated carbocycles. The molecule has 24 heavy (non-hydrogen) atoms. The highest BCUT2D eigenvalue weighted by molar-refractivity contribution is 5.96. The molecule has 0 spiro atoms. The fourth-order valence-electron chi connectivity index (χ4n) is 2.83. The minimum atomic E-state index is -0.382. The quantitative estimate of drug-likeness (QED) is 0.443. The second kappa shape index (κ2) is 5.62. The van der Waals surface area contributed by atoms with Crippen LogP contribution in [0.2, 0.25) is 0 Å². The van der Waals surface area contributed by atoms with E-state index in [9.17, 15) is 10.1 Å². The summed E-state index contributed by atoms with van der Waals surface area (Å²) < 4.78 is 0. The lowest BCUT2D eigenvalue weighted by molar-refractivity contribution is -0.384. The van der Waals surface area contributed by atoms with E-state index >= 15 is 0 Å². The lowest BCUT2D eigenvalue weighted by Crippen LogP contribution is -1.92. The highest BCUT2D eigenvalue weighted by Gasteiger charge is 2.14. The van der Waals surface area contributed by atoms with E-state index in [1.165, 1.54) is 6.07 Å². The van der Waals surface area contributed by atoms with Gasteiger partial charge in [0.05, 0.1) is 10.6 Å². The van der Waals surface area contributed by atoms with Crippen molar-refractivity contribution in [1.29, 1.82) is 0 Å². The van der Waals surface area contributed by atoms with E-state index < -0.39 is 0 Å². The van der Waals surface area contributed by atoms with Crippen LogP contribution in [0.5, 0.6) is 0 Å². The lowest BCUT2D eigenvalue weighted by Gasteiger charge is -2.07. The molecular formula is C19H12N3O2. The van der Waals surface area contributed by atoms with E-state index in [1.807, 2.05) is 36.5 Å². The van der Waals surface area contributed by atoms with Gasteiger partial charge < -0.3 is 4.98 Å². The number of aromatic amines is 1. The molecule has 0 aliphatic heterocycles. The second-order valence-corrected chi connectivity index (χ2v) is 5.40. The third kappa shape index (κ3) is 2.42. The smallest absolute Gasteiger partial charge is 0.270 e. The molecule has 5 nitrogen and oxygen atoms in total. The van der Waals surface area contributed by atoms with E-state index in [0.29, 0.717) is 11.3 Å². The van der Waals surface area contributed by atoms with Crippen LogP contribution < -0.4 is 0 Å². The van der Waals surface area contributed by atoms with Gasteiger partial charge in [-0.1, -0.05) is 18.2 Å². The topological polar surface area (TPSA) is 71.8 Å². The van der Waals surface area contributed by atoms with Crippen LogP contribution in [0.1, 0.15) is 0 Å². The first-order chi connectivity index (χ1) is 11.7. The summed E-state index contributed by atoms with van der Waals surface area (Å²) in [5.74, 6) is 0. The Balaban J connectivity index is 1.97. The number of nitro groups is 1. The molecule has 0 saturated heterocycles. The van der Waals surface area contributed by atoms with Crippen molar-refractivity contribution in [3.05, 3.63) is 83.2 Å². The summed E-state index contributed by atoms with van der Waals surface area (Å²) in [6.45, 7) is 0. The van der Waals surface area contributed by atoms with Crippen LogP contribution in [0, 0.1) is 16.2 Å². The Kier molecular flexibility index (Phi) is 3.31. The Morgan fingerprint density at radius 2 is 1.96 bits per heavy atom. The zero-order valence-corrected chi connectivity index (χ0v) is 12.6. The Morgan fingerprint density at radius 1 is 1.08 bits per heavy atom. The largest absolute Gasteiger partial charge is 0.361 e. The van der Waals surface area contributed by atoms with Gasteiger partial charge in [0.1, 0.15) is 0 Å². The molecular weight excluding hydrogens is 302 g/mol. The van der Waals surface area contributed by atoms with E-state index in [0.717, 1.165) is 22.0 Å². The number of fused-ring (bicyclic) bond motifs is 1. The van der Waals surface area contributed by atoms with Crippen molar-refractivity contribution in [2.75, 3.05) is 0 Å². The third-order valence-corrected chi connectivity index (χ3v) is 3.91. The van der Waals surface area contributed by atoms with Gasteiger partial charge in [-0.2, -0.15) is 0 Å². The standard InChI is InChI=1S/C19H12N3O2/c23-22(24)15-11-13(10-14(12-15)18-5-1-2-8-20-18)16-4-3-6-19-17(16)7-9-21-19/h1-4,6-12,21H. The molecule has 0 fully saturated rings. The summed E-state index contributed by atoms with van der Waals surface area (Å²) in [6, 6.07) is 19.4. The average Bonchev–Trinajstić information content (AvgIpc) is 3.10. The van der Waals surface area contributed by atoms with Gasteiger partial charge in [0.15, 0.2) is 0 Å². The van der Waals surface area contributed by atoms with Crippen LogP contribution >= 0.6 is 0 Å². The fraction of sp³-hybridized carbons (Fsp3) is 0. The van der Waals surface area contributed by atoms with Gasteiger partial charge in [-0.3, -0.25) is 15.1 Å². The number of hydrogen-bond donors (Lipinski definition) is 1. The van der Waals surface area contributed by atoms with E-state index in [4.69, 9.17) is 0 Å². The van der Waals surface area contributed by atoms with Crippen molar-refractivity contribution in [3.63, 3.8) is 0 Å². The maximum absolute atomic E-state index is 11.4. The molecule has 2 heterocycles. The number of nitro benzene ring substituents is 1. The molecule has 0 amide bonds. The predicted octanol–water partition coefficient (Wildman–Crippen LogP) is 4.61. The number of benzene rings is 2. The molecule has 0 bridgehead atoms. The summed E-state index contributed by atoms with van der Waals surface area (Å²) in [5.41, 5.74) is 4.01. The van der Waals surface area contributed by atoms with Crippen LogP contribution in [0.3, 0.4) is 0 Å². The number of nitrogens with zero attached hydrogens (tertiary/aromatic N) is 2. The van der Waals surface area contributed by atoms with Gasteiger partial charge in [-0.25, -0.2) is 0 Å². The van der Waals surface area contributed by atoms with Gasteiger partial charge in [0.2, 0.25) is 0 Å². The van der Waals surface area contributed by atoms with Crippen LogP contribution in [-0.2, 0) is 0 Å². The van der Waals surface area contributed by atoms with Crippen molar-refractivity contribution in [2.24, 2.45) is 0 Å². The predicted molar refractivity (Wildman–Crippen MR) is 92.5 cm³/mol. The molecule has 2 aromatic heterocycles. The summed E-state index contributed by atoms with van der Waals surface area (Å²) in [4.78, 5) is 18.4. The molecule has 0 aliphatic carbocycles. The highest BCUT2D eigenvalue weighted by Crippen LogP contribution is 2.34. The summed E-state index contributed by atoms with van der Waals surface area (Å²) in [5, 5.41) is 12.4. The minimum Gasteiger partial charge on any atom is -0.361 e. The van der Waals surface area contributed by atoms with Crippen LogP contribution in [0.15, 0.2) is 67.0 Å². The van der Waals surface area contributed by atoms with Crippen LogP contribution in [0.25, 0.3) is 33.3 Å². The molecule has 0 unspecified atom stereocenters. The normalized spacial score (nSPS) is 10.8. The van der Waals surface area contributed by atoms with Crippen molar-refractivity contribution in [1.82, 2.24) is 9.97 Å². The first-order valence-corrected chi connectivity index (χ1v) is 7.41. The zero-order chi connectivity index (χ0) is 16.5. The monoisotopic (exact) mass is 314 g/mol. The Bertz CT molecular complexity index is 1040. The summed E-state index contributed by atoms with van der Waals surface area (Å²) in [6.07, 6.45) is 3.51. The van der Waals surface area contributed by atoms with Crippen LogP contribution in [-0.4, -0.2) is 14.9 Å². The van der Waals surface area contributed by atoms with E-state index in [1.54, 1.807) is 24.4 Å². The number of nitrogens with one attached hydrogen (secondary N) is 1. The van der Waals surface area contributed by atoms with E-state index in [-0.39, 0.29) is 10.6 Å². The molecule has 1 radical (unpaired) electrons. The van der Waals surface area contributed by atoms with E-state index in [2.05, 4.69) is 16.0 Å². The minimum absolute atomic E-state index is 0.0362. The molecule has 115 valence electrons. The third-order valence-electron chi connectivity index (χ3n) is 3.91. The average molecular weight is 314 g/mol. The molecule has 2 aromatic carbocycles. The lowest BCUT2D eigenvalue weighted by atomic mass is 9.98. The maximum Gasteiger partial charge on any atom is 0.270 e. The van der Waals surface area contributed by atoms with Crippen molar-refractivity contribution < 1.29 is 4.92 Å². The van der Waals surface area contributed by atoms with Crippen molar-refractivity contribution in [2.45, 2.75) is 0 Å². The molecule has 1 N–H and O–H groups in total. The van der Waals surface area contributed by atoms with Crippen LogP contribution in [0.4, 0.5) is 5.69 Å². The fourth-order valence-corrected chi connectivity index (χ4v) is 2.83. The first-order valence-electron chi connectivity index (χ1n) is 7.41. The summed E-state index contributed by atoms with van der Waals surface area (Å²) in [7, 11) is 0. The van der Waals surface area contributed by atoms with Crippen molar-refractivity contribution in [3.8, 4) is 22.4 Å². The van der Waals surface area contributed by atoms with Gasteiger partial charge >= 0.3 is 0 Å². The number of H-pyrrole nitrogens is 1. The molecule has 5 heteroatoms. The molecule has 4 aromatic rings. The van der Waals surface area contributed by atoms with Gasteiger partial charge in [-0.05, 0) is 35.4 Å². The number of aromatic nitrogens is 2. The SMILES string of the molecule is O=[N+]([O-])c1cc(-c2[c]cccn2)cc(-c2cccc3[nH]ccc23)c1. The molecule has 0 atom stereocenters. The highest BCUT2D eigenvalue weighted by atomic mass is 16.6. The maximum atomic E-state index is 11.4. The first kappa shape index (κ1) is 14.1. The second-order valence-electron chi connectivity index (χ2n) is 5.40. The van der Waals surface area contributed by atoms with Gasteiger partial charge in [0.25, 0.3) is 5.69 Å². The van der Waals surface area contributed by atoms with Crippen molar-refractivity contribution >= 4 is 16.6 Å². The molecule has 0 aliphatic rings.